The standard InChI is InChI=1S/C16H15N3O2/c1-10-4-2-3-5-11(10)8-15(20)19-14-7-6-12(17)9-13(14)18-16(19)21/h2-7,9H,8,17H2,1H3,(H,18,21). The number of carbonyl (C=O) groups is 1. The number of nitrogens with two attached hydrogens (primary N) is 1. The zero-order valence-corrected chi connectivity index (χ0v) is 11.6. The summed E-state index contributed by atoms with van der Waals surface area (Å²) in [6.45, 7) is 1.95. The van der Waals surface area contributed by atoms with Gasteiger partial charge in [-0.15, -0.1) is 0 Å². The number of fused-ring (bicyclic) bond motifs is 1. The Balaban J connectivity index is 2.04. The van der Waals surface area contributed by atoms with Crippen LogP contribution >= 0.6 is 0 Å². The van der Waals surface area contributed by atoms with Gasteiger partial charge in [0.2, 0.25) is 5.91 Å². The van der Waals surface area contributed by atoms with Crippen LogP contribution in [0, 0.1) is 6.92 Å². The maximum atomic E-state index is 12.5. The van der Waals surface area contributed by atoms with E-state index in [-0.39, 0.29) is 12.3 Å². The molecular weight excluding hydrogens is 266 g/mol. The van der Waals surface area contributed by atoms with Gasteiger partial charge in [-0.05, 0) is 36.2 Å². The molecule has 0 unspecified atom stereocenters. The van der Waals surface area contributed by atoms with E-state index in [4.69, 9.17) is 5.73 Å². The highest BCUT2D eigenvalue weighted by Crippen LogP contribution is 2.15. The molecule has 0 atom stereocenters. The third kappa shape index (κ3) is 2.33. The first-order chi connectivity index (χ1) is 10.1. The SMILES string of the molecule is Cc1ccccc1CC(=O)n1c(=O)[nH]c2cc(N)ccc21. The summed E-state index contributed by atoms with van der Waals surface area (Å²) >= 11 is 0. The quantitative estimate of drug-likeness (QED) is 0.706. The second-order valence-corrected chi connectivity index (χ2v) is 5.04. The first-order valence-electron chi connectivity index (χ1n) is 6.64. The van der Waals surface area contributed by atoms with E-state index in [1.54, 1.807) is 18.2 Å². The maximum Gasteiger partial charge on any atom is 0.333 e. The second kappa shape index (κ2) is 4.94. The van der Waals surface area contributed by atoms with Crippen LogP contribution in [0.4, 0.5) is 5.69 Å². The summed E-state index contributed by atoms with van der Waals surface area (Å²) in [6, 6.07) is 12.6. The Morgan fingerprint density at radius 2 is 2.00 bits per heavy atom. The number of nitrogen functional groups attached to an aromatic ring is 1. The van der Waals surface area contributed by atoms with Crippen LogP contribution in [0.15, 0.2) is 47.3 Å². The minimum absolute atomic E-state index is 0.184. The van der Waals surface area contributed by atoms with E-state index < -0.39 is 5.69 Å². The lowest BCUT2D eigenvalue weighted by molar-refractivity contribution is 0.0915. The summed E-state index contributed by atoms with van der Waals surface area (Å²) in [4.78, 5) is 27.1. The minimum atomic E-state index is -0.436. The summed E-state index contributed by atoms with van der Waals surface area (Å²) in [5, 5.41) is 0. The predicted molar refractivity (Wildman–Crippen MR) is 82.5 cm³/mol. The van der Waals surface area contributed by atoms with E-state index in [0.717, 1.165) is 11.1 Å². The Bertz CT molecular complexity index is 890. The number of hydrogen-bond donors (Lipinski definition) is 2. The van der Waals surface area contributed by atoms with Crippen LogP contribution in [-0.2, 0) is 6.42 Å². The fourth-order valence-corrected chi connectivity index (χ4v) is 2.43. The van der Waals surface area contributed by atoms with Crippen molar-refractivity contribution in [2.75, 3.05) is 5.73 Å². The smallest absolute Gasteiger partial charge is 0.333 e. The first-order valence-corrected chi connectivity index (χ1v) is 6.64. The molecule has 3 aromatic rings. The highest BCUT2D eigenvalue weighted by atomic mass is 16.2. The van der Waals surface area contributed by atoms with Crippen molar-refractivity contribution in [3.8, 4) is 0 Å². The summed E-state index contributed by atoms with van der Waals surface area (Å²) in [5.74, 6) is -0.259. The van der Waals surface area contributed by atoms with Crippen molar-refractivity contribution in [1.82, 2.24) is 9.55 Å². The average Bonchev–Trinajstić information content (AvgIpc) is 2.76. The summed E-state index contributed by atoms with van der Waals surface area (Å²) < 4.78 is 1.17. The minimum Gasteiger partial charge on any atom is -0.399 e. The summed E-state index contributed by atoms with van der Waals surface area (Å²) in [7, 11) is 0. The molecule has 106 valence electrons. The first kappa shape index (κ1) is 13.2. The number of H-pyrrole nitrogens is 1. The molecule has 0 aliphatic rings. The molecule has 5 nitrogen and oxygen atoms in total. The van der Waals surface area contributed by atoms with Crippen LogP contribution in [0.2, 0.25) is 0 Å². The Morgan fingerprint density at radius 1 is 1.24 bits per heavy atom. The maximum absolute atomic E-state index is 12.5. The third-order valence-corrected chi connectivity index (χ3v) is 3.56. The van der Waals surface area contributed by atoms with E-state index in [2.05, 4.69) is 4.98 Å². The molecule has 0 fully saturated rings. The summed E-state index contributed by atoms with van der Waals surface area (Å²) in [5.41, 5.74) is 8.86. The molecule has 0 aliphatic heterocycles. The number of rotatable bonds is 2. The molecule has 21 heavy (non-hydrogen) atoms. The van der Waals surface area contributed by atoms with Gasteiger partial charge in [0.25, 0.3) is 0 Å². The van der Waals surface area contributed by atoms with E-state index in [0.29, 0.717) is 16.7 Å². The Kier molecular flexibility index (Phi) is 3.10. The monoisotopic (exact) mass is 281 g/mol. The van der Waals surface area contributed by atoms with Gasteiger partial charge >= 0.3 is 5.69 Å². The number of imidazole rings is 1. The van der Waals surface area contributed by atoms with Crippen LogP contribution in [0.5, 0.6) is 0 Å². The zero-order chi connectivity index (χ0) is 15.0. The van der Waals surface area contributed by atoms with Crippen molar-refractivity contribution >= 4 is 22.6 Å². The largest absolute Gasteiger partial charge is 0.399 e. The number of hydrogen-bond acceptors (Lipinski definition) is 3. The molecule has 0 radical (unpaired) electrons. The Labute approximate surface area is 121 Å². The second-order valence-electron chi connectivity index (χ2n) is 5.04. The van der Waals surface area contributed by atoms with Crippen LogP contribution < -0.4 is 11.4 Å². The van der Waals surface area contributed by atoms with Crippen molar-refractivity contribution in [3.05, 3.63) is 64.1 Å². The molecule has 0 saturated heterocycles. The number of anilines is 1. The van der Waals surface area contributed by atoms with Crippen molar-refractivity contribution in [2.24, 2.45) is 0 Å². The van der Waals surface area contributed by atoms with Crippen molar-refractivity contribution in [1.29, 1.82) is 0 Å². The van der Waals surface area contributed by atoms with Crippen molar-refractivity contribution < 1.29 is 4.79 Å². The fourth-order valence-electron chi connectivity index (χ4n) is 2.43. The van der Waals surface area contributed by atoms with Gasteiger partial charge in [0, 0.05) is 5.69 Å². The predicted octanol–water partition coefficient (Wildman–Crippen LogP) is 2.10. The molecule has 3 N–H and O–H groups in total. The van der Waals surface area contributed by atoms with E-state index >= 15 is 0 Å². The van der Waals surface area contributed by atoms with Crippen LogP contribution in [0.25, 0.3) is 11.0 Å². The van der Waals surface area contributed by atoms with Gasteiger partial charge in [-0.2, -0.15) is 0 Å². The van der Waals surface area contributed by atoms with E-state index in [1.165, 1.54) is 4.57 Å². The zero-order valence-electron chi connectivity index (χ0n) is 11.6. The molecule has 0 amide bonds. The number of aromatic amines is 1. The summed E-state index contributed by atoms with van der Waals surface area (Å²) in [6.07, 6.45) is 0.184. The van der Waals surface area contributed by atoms with Gasteiger partial charge in [0.05, 0.1) is 17.5 Å². The van der Waals surface area contributed by atoms with E-state index in [9.17, 15) is 9.59 Å². The van der Waals surface area contributed by atoms with Gasteiger partial charge in [0.1, 0.15) is 0 Å². The molecule has 0 bridgehead atoms. The third-order valence-electron chi connectivity index (χ3n) is 3.56. The molecular formula is C16H15N3O2. The molecule has 1 heterocycles. The highest BCUT2D eigenvalue weighted by molar-refractivity contribution is 5.92. The number of aromatic nitrogens is 2. The van der Waals surface area contributed by atoms with Gasteiger partial charge in [0.15, 0.2) is 0 Å². The normalized spacial score (nSPS) is 10.9. The fraction of sp³-hybridized carbons (Fsp3) is 0.125. The Morgan fingerprint density at radius 3 is 2.76 bits per heavy atom. The van der Waals surface area contributed by atoms with Crippen LogP contribution in [0.1, 0.15) is 15.9 Å². The van der Waals surface area contributed by atoms with Gasteiger partial charge < -0.3 is 10.7 Å². The average molecular weight is 281 g/mol. The van der Waals surface area contributed by atoms with Gasteiger partial charge in [-0.1, -0.05) is 24.3 Å². The van der Waals surface area contributed by atoms with Gasteiger partial charge in [-0.3, -0.25) is 4.79 Å². The van der Waals surface area contributed by atoms with Crippen molar-refractivity contribution in [3.63, 3.8) is 0 Å². The number of carbonyl (C=O) groups excluding carboxylic acids is 1. The number of aryl methyl sites for hydroxylation is 1. The van der Waals surface area contributed by atoms with Crippen LogP contribution in [-0.4, -0.2) is 15.5 Å². The molecule has 3 rings (SSSR count). The lowest BCUT2D eigenvalue weighted by Crippen LogP contribution is -2.25. The topological polar surface area (TPSA) is 80.9 Å². The number of nitrogens with one attached hydrogen (secondary N) is 1. The molecule has 0 saturated carbocycles. The van der Waals surface area contributed by atoms with Crippen molar-refractivity contribution in [2.45, 2.75) is 13.3 Å². The van der Waals surface area contributed by atoms with Gasteiger partial charge in [-0.25, -0.2) is 9.36 Å². The Hall–Kier alpha value is -2.82. The molecule has 0 spiro atoms. The molecule has 0 aliphatic carbocycles. The van der Waals surface area contributed by atoms with E-state index in [1.807, 2.05) is 31.2 Å². The molecule has 1 aromatic heterocycles. The number of benzene rings is 2. The van der Waals surface area contributed by atoms with Crippen LogP contribution in [0.3, 0.4) is 0 Å². The lowest BCUT2D eigenvalue weighted by atomic mass is 10.1. The molecule has 5 heteroatoms. The number of nitrogens with zero attached hydrogens (tertiary/aromatic N) is 1. The molecule has 2 aromatic carbocycles. The highest BCUT2D eigenvalue weighted by Gasteiger charge is 2.15. The lowest BCUT2D eigenvalue weighted by Gasteiger charge is -2.05.